The van der Waals surface area contributed by atoms with E-state index in [1.165, 1.54) is 0 Å². The predicted octanol–water partition coefficient (Wildman–Crippen LogP) is 2.75. The van der Waals surface area contributed by atoms with Crippen molar-refractivity contribution in [2.45, 2.75) is 39.5 Å². The van der Waals surface area contributed by atoms with Crippen LogP contribution >= 0.6 is 12.4 Å². The molecule has 3 aromatic heterocycles. The average molecular weight is 418 g/mol. The Hall–Kier alpha value is -2.71. The summed E-state index contributed by atoms with van der Waals surface area (Å²) in [7, 11) is 0. The number of amides is 1. The zero-order valence-electron chi connectivity index (χ0n) is 16.6. The van der Waals surface area contributed by atoms with Crippen molar-refractivity contribution in [2.75, 3.05) is 18.4 Å². The van der Waals surface area contributed by atoms with Gasteiger partial charge in [-0.05, 0) is 57.9 Å². The molecule has 29 heavy (non-hydrogen) atoms. The van der Waals surface area contributed by atoms with E-state index in [2.05, 4.69) is 20.7 Å². The molecule has 1 fully saturated rings. The number of halogens is 1. The van der Waals surface area contributed by atoms with Crippen molar-refractivity contribution in [2.24, 2.45) is 0 Å². The van der Waals surface area contributed by atoms with Crippen LogP contribution in [-0.2, 0) is 0 Å². The van der Waals surface area contributed by atoms with E-state index >= 15 is 0 Å². The van der Waals surface area contributed by atoms with E-state index in [0.717, 1.165) is 37.3 Å². The van der Waals surface area contributed by atoms with Gasteiger partial charge < -0.3 is 15.1 Å². The first-order chi connectivity index (χ1) is 13.4. The summed E-state index contributed by atoms with van der Waals surface area (Å²) in [5.74, 6) is 0.602. The van der Waals surface area contributed by atoms with E-state index in [1.54, 1.807) is 23.6 Å². The van der Waals surface area contributed by atoms with Crippen LogP contribution in [0.1, 0.15) is 51.8 Å². The molecule has 9 heteroatoms. The van der Waals surface area contributed by atoms with Crippen molar-refractivity contribution >= 4 is 29.8 Å². The third kappa shape index (κ3) is 4.18. The maximum atomic E-state index is 12.7. The summed E-state index contributed by atoms with van der Waals surface area (Å²) < 4.78 is 7.14. The summed E-state index contributed by atoms with van der Waals surface area (Å²) in [5, 5.41) is 10.3. The number of fused-ring (bicyclic) bond motifs is 1. The number of nitrogens with one attached hydrogen (secondary N) is 2. The van der Waals surface area contributed by atoms with Crippen molar-refractivity contribution in [3.8, 4) is 0 Å². The molecule has 0 bridgehead atoms. The van der Waals surface area contributed by atoms with E-state index in [4.69, 9.17) is 4.42 Å². The Morgan fingerprint density at radius 3 is 2.76 bits per heavy atom. The standard InChI is InChI=1S/C20H23N5O3.ClH/c1-11-7-15(14-5-4-6-21-10-14)28-20(27)18(11)19(26)23-16-9-17-22-12(2)8-13(3)25(17)24-16;/h7-9,14,21H,4-6,10H2,1-3H3,(H,23,24,26);1H. The molecule has 0 saturated carbocycles. The summed E-state index contributed by atoms with van der Waals surface area (Å²) in [6, 6.07) is 5.38. The van der Waals surface area contributed by atoms with E-state index in [1.807, 2.05) is 19.9 Å². The van der Waals surface area contributed by atoms with Crippen LogP contribution in [0.4, 0.5) is 5.82 Å². The lowest BCUT2D eigenvalue weighted by atomic mass is 9.95. The first-order valence-electron chi connectivity index (χ1n) is 9.43. The van der Waals surface area contributed by atoms with E-state index in [0.29, 0.717) is 22.8 Å². The van der Waals surface area contributed by atoms with Gasteiger partial charge in [0.15, 0.2) is 11.5 Å². The van der Waals surface area contributed by atoms with Crippen LogP contribution < -0.4 is 16.3 Å². The number of carbonyl (C=O) groups excluding carboxylic acids is 1. The number of aryl methyl sites for hydroxylation is 3. The topological polar surface area (TPSA) is 102 Å². The number of rotatable bonds is 3. The van der Waals surface area contributed by atoms with Gasteiger partial charge in [-0.3, -0.25) is 4.79 Å². The highest BCUT2D eigenvalue weighted by molar-refractivity contribution is 6.04. The molecule has 1 aliphatic heterocycles. The first-order valence-corrected chi connectivity index (χ1v) is 9.43. The zero-order chi connectivity index (χ0) is 19.8. The Labute approximate surface area is 174 Å². The van der Waals surface area contributed by atoms with Crippen LogP contribution in [0.2, 0.25) is 0 Å². The summed E-state index contributed by atoms with van der Waals surface area (Å²) in [4.78, 5) is 29.6. The molecule has 4 heterocycles. The molecular weight excluding hydrogens is 394 g/mol. The SMILES string of the molecule is Cc1cc(C)n2nc(NC(=O)c3c(C)cc(C4CCCNC4)oc3=O)cc2n1.Cl. The van der Waals surface area contributed by atoms with Crippen LogP contribution in [0, 0.1) is 20.8 Å². The lowest BCUT2D eigenvalue weighted by molar-refractivity contribution is 0.102. The normalized spacial score (nSPS) is 16.4. The first kappa shape index (κ1) is 21.0. The molecule has 1 saturated heterocycles. The smallest absolute Gasteiger partial charge is 0.349 e. The highest BCUT2D eigenvalue weighted by Gasteiger charge is 2.23. The number of hydrogen-bond acceptors (Lipinski definition) is 6. The van der Waals surface area contributed by atoms with Gasteiger partial charge in [-0.25, -0.2) is 14.3 Å². The second-order valence-corrected chi connectivity index (χ2v) is 7.33. The minimum Gasteiger partial charge on any atom is -0.427 e. The fourth-order valence-corrected chi connectivity index (χ4v) is 3.73. The third-order valence-electron chi connectivity index (χ3n) is 5.07. The fourth-order valence-electron chi connectivity index (χ4n) is 3.73. The Kier molecular flexibility index (Phi) is 6.04. The van der Waals surface area contributed by atoms with E-state index < -0.39 is 11.5 Å². The molecule has 0 aromatic carbocycles. The molecule has 1 atom stereocenters. The molecule has 0 aliphatic carbocycles. The Morgan fingerprint density at radius 1 is 1.28 bits per heavy atom. The highest BCUT2D eigenvalue weighted by atomic mass is 35.5. The molecule has 1 unspecified atom stereocenters. The second kappa shape index (κ2) is 8.34. The van der Waals surface area contributed by atoms with Crippen molar-refractivity contribution in [3.05, 3.63) is 56.9 Å². The fraction of sp³-hybridized carbons (Fsp3) is 0.400. The van der Waals surface area contributed by atoms with Gasteiger partial charge in [-0.15, -0.1) is 17.5 Å². The minimum absolute atomic E-state index is 0. The molecule has 3 aromatic rings. The van der Waals surface area contributed by atoms with Gasteiger partial charge in [0.2, 0.25) is 0 Å². The molecule has 1 aliphatic rings. The van der Waals surface area contributed by atoms with Crippen LogP contribution in [0.5, 0.6) is 0 Å². The Morgan fingerprint density at radius 2 is 2.07 bits per heavy atom. The molecular formula is C20H24ClN5O3. The monoisotopic (exact) mass is 417 g/mol. The second-order valence-electron chi connectivity index (χ2n) is 7.33. The van der Waals surface area contributed by atoms with Gasteiger partial charge in [-0.2, -0.15) is 0 Å². The third-order valence-corrected chi connectivity index (χ3v) is 5.07. The van der Waals surface area contributed by atoms with Gasteiger partial charge in [0, 0.05) is 29.9 Å². The van der Waals surface area contributed by atoms with Gasteiger partial charge in [0.1, 0.15) is 11.3 Å². The summed E-state index contributed by atoms with van der Waals surface area (Å²) in [6.45, 7) is 7.33. The predicted molar refractivity (Wildman–Crippen MR) is 112 cm³/mol. The average Bonchev–Trinajstić information content (AvgIpc) is 3.04. The number of hydrogen-bond donors (Lipinski definition) is 2. The lowest BCUT2D eigenvalue weighted by Gasteiger charge is -2.22. The molecule has 2 N–H and O–H groups in total. The van der Waals surface area contributed by atoms with E-state index in [9.17, 15) is 9.59 Å². The van der Waals surface area contributed by atoms with Crippen LogP contribution in [0.15, 0.2) is 27.4 Å². The van der Waals surface area contributed by atoms with Crippen LogP contribution in [-0.4, -0.2) is 33.6 Å². The molecule has 0 radical (unpaired) electrons. The van der Waals surface area contributed by atoms with E-state index in [-0.39, 0.29) is 23.9 Å². The number of nitrogens with zero attached hydrogens (tertiary/aromatic N) is 3. The van der Waals surface area contributed by atoms with Crippen LogP contribution in [0.25, 0.3) is 5.65 Å². The van der Waals surface area contributed by atoms with Crippen molar-refractivity contribution < 1.29 is 9.21 Å². The minimum atomic E-state index is -0.619. The van der Waals surface area contributed by atoms with Crippen molar-refractivity contribution in [1.29, 1.82) is 0 Å². The van der Waals surface area contributed by atoms with Gasteiger partial charge in [0.25, 0.3) is 5.91 Å². The van der Waals surface area contributed by atoms with Gasteiger partial charge in [0.05, 0.1) is 0 Å². The Bertz CT molecular complexity index is 1120. The molecule has 8 nitrogen and oxygen atoms in total. The quantitative estimate of drug-likeness (QED) is 0.679. The lowest BCUT2D eigenvalue weighted by Crippen LogP contribution is -2.30. The molecule has 4 rings (SSSR count). The molecule has 154 valence electrons. The maximum absolute atomic E-state index is 12.7. The van der Waals surface area contributed by atoms with Gasteiger partial charge >= 0.3 is 5.63 Å². The number of carbonyl (C=O) groups is 1. The zero-order valence-corrected chi connectivity index (χ0v) is 17.4. The number of aromatic nitrogens is 3. The number of piperidine rings is 1. The number of anilines is 1. The van der Waals surface area contributed by atoms with Gasteiger partial charge in [-0.1, -0.05) is 0 Å². The highest BCUT2D eigenvalue weighted by Crippen LogP contribution is 2.24. The summed E-state index contributed by atoms with van der Waals surface area (Å²) >= 11 is 0. The van der Waals surface area contributed by atoms with Crippen LogP contribution in [0.3, 0.4) is 0 Å². The summed E-state index contributed by atoms with van der Waals surface area (Å²) in [5.41, 5.74) is 2.40. The van der Waals surface area contributed by atoms with Crippen molar-refractivity contribution in [1.82, 2.24) is 19.9 Å². The molecule has 0 spiro atoms. The van der Waals surface area contributed by atoms with Crippen molar-refractivity contribution in [3.63, 3.8) is 0 Å². The Balaban J connectivity index is 0.00000240. The largest absolute Gasteiger partial charge is 0.427 e. The summed E-state index contributed by atoms with van der Waals surface area (Å²) in [6.07, 6.45) is 2.00. The maximum Gasteiger partial charge on any atom is 0.349 e. The molecule has 1 amide bonds.